The van der Waals surface area contributed by atoms with Crippen molar-refractivity contribution in [2.45, 2.75) is 20.0 Å². The van der Waals surface area contributed by atoms with E-state index in [0.29, 0.717) is 30.5 Å². The lowest BCUT2D eigenvalue weighted by Crippen LogP contribution is -2.50. The zero-order chi connectivity index (χ0) is 14.8. The molecule has 1 aliphatic rings. The summed E-state index contributed by atoms with van der Waals surface area (Å²) in [6.07, 6.45) is -0.572. The van der Waals surface area contributed by atoms with Crippen LogP contribution in [0, 0.1) is 5.41 Å². The van der Waals surface area contributed by atoms with Gasteiger partial charge in [0.15, 0.2) is 6.10 Å². The Balaban J connectivity index is 1.87. The molecule has 1 amide bonds. The number of hydrogen-bond acceptors (Lipinski definition) is 3. The third-order valence-corrected chi connectivity index (χ3v) is 4.01. The van der Waals surface area contributed by atoms with E-state index < -0.39 is 6.10 Å². The van der Waals surface area contributed by atoms with Crippen LogP contribution in [0.3, 0.4) is 0 Å². The average molecular weight is 363 g/mol. The first-order valence-electron chi connectivity index (χ1n) is 6.37. The molecule has 1 N–H and O–H groups in total. The molecule has 1 saturated heterocycles. The standard InChI is InChI=1S/C14H17BrClNO3/c1-9(13(18)17-6-14(2)7-19-8-14)20-12-4-3-10(16)5-11(12)15/h3-5,9H,6-8H2,1-2H3,(H,17,18). The van der Waals surface area contributed by atoms with E-state index in [2.05, 4.69) is 28.2 Å². The van der Waals surface area contributed by atoms with Crippen molar-refractivity contribution in [1.29, 1.82) is 0 Å². The predicted molar refractivity (Wildman–Crippen MR) is 81.2 cm³/mol. The molecule has 1 aliphatic heterocycles. The van der Waals surface area contributed by atoms with Crippen molar-refractivity contribution in [3.8, 4) is 5.75 Å². The second kappa shape index (κ2) is 6.33. The number of ether oxygens (including phenoxy) is 2. The molecule has 1 atom stereocenters. The van der Waals surface area contributed by atoms with Gasteiger partial charge < -0.3 is 14.8 Å². The first-order chi connectivity index (χ1) is 9.39. The summed E-state index contributed by atoms with van der Waals surface area (Å²) in [6.45, 7) is 5.77. The number of hydrogen-bond donors (Lipinski definition) is 1. The van der Waals surface area contributed by atoms with Crippen LogP contribution >= 0.6 is 27.5 Å². The van der Waals surface area contributed by atoms with Crippen molar-refractivity contribution in [2.24, 2.45) is 5.41 Å². The molecule has 0 bridgehead atoms. The van der Waals surface area contributed by atoms with Gasteiger partial charge in [-0.2, -0.15) is 0 Å². The summed E-state index contributed by atoms with van der Waals surface area (Å²) >= 11 is 9.22. The molecule has 6 heteroatoms. The van der Waals surface area contributed by atoms with Gasteiger partial charge in [0.25, 0.3) is 5.91 Å². The lowest BCUT2D eigenvalue weighted by molar-refractivity contribution is -0.132. The first-order valence-corrected chi connectivity index (χ1v) is 7.54. The third-order valence-electron chi connectivity index (χ3n) is 3.16. The van der Waals surface area contributed by atoms with Crippen LogP contribution in [-0.2, 0) is 9.53 Å². The molecule has 4 nitrogen and oxygen atoms in total. The first kappa shape index (κ1) is 15.6. The van der Waals surface area contributed by atoms with Crippen LogP contribution in [0.5, 0.6) is 5.75 Å². The molecule has 110 valence electrons. The Morgan fingerprint density at radius 1 is 1.60 bits per heavy atom. The van der Waals surface area contributed by atoms with Crippen molar-refractivity contribution in [2.75, 3.05) is 19.8 Å². The molecule has 0 aliphatic carbocycles. The van der Waals surface area contributed by atoms with E-state index in [1.165, 1.54) is 0 Å². The summed E-state index contributed by atoms with van der Waals surface area (Å²) in [7, 11) is 0. The van der Waals surface area contributed by atoms with E-state index >= 15 is 0 Å². The summed E-state index contributed by atoms with van der Waals surface area (Å²) < 4.78 is 11.5. The van der Waals surface area contributed by atoms with Gasteiger partial charge in [0.2, 0.25) is 0 Å². The van der Waals surface area contributed by atoms with Crippen LogP contribution in [0.15, 0.2) is 22.7 Å². The zero-order valence-electron chi connectivity index (χ0n) is 11.4. The van der Waals surface area contributed by atoms with Gasteiger partial charge in [-0.3, -0.25) is 4.79 Å². The minimum Gasteiger partial charge on any atom is -0.480 e. The number of carbonyl (C=O) groups excluding carboxylic acids is 1. The fourth-order valence-electron chi connectivity index (χ4n) is 1.81. The summed E-state index contributed by atoms with van der Waals surface area (Å²) in [4.78, 5) is 12.0. The molecular formula is C14H17BrClNO3. The number of carbonyl (C=O) groups is 1. The Kier molecular flexibility index (Phi) is 4.94. The van der Waals surface area contributed by atoms with Gasteiger partial charge in [-0.25, -0.2) is 0 Å². The number of benzene rings is 1. The van der Waals surface area contributed by atoms with Crippen molar-refractivity contribution in [1.82, 2.24) is 5.32 Å². The molecule has 2 rings (SSSR count). The van der Waals surface area contributed by atoms with Gasteiger partial charge in [-0.1, -0.05) is 18.5 Å². The summed E-state index contributed by atoms with van der Waals surface area (Å²) in [5, 5.41) is 3.50. The smallest absolute Gasteiger partial charge is 0.260 e. The maximum Gasteiger partial charge on any atom is 0.260 e. The number of amides is 1. The predicted octanol–water partition coefficient (Wildman–Crippen LogP) is 3.02. The topological polar surface area (TPSA) is 47.6 Å². The minimum atomic E-state index is -0.572. The second-order valence-electron chi connectivity index (χ2n) is 5.36. The number of halogens is 2. The largest absolute Gasteiger partial charge is 0.480 e. The van der Waals surface area contributed by atoms with Gasteiger partial charge in [-0.05, 0) is 41.1 Å². The van der Waals surface area contributed by atoms with Crippen LogP contribution in [0.4, 0.5) is 0 Å². The van der Waals surface area contributed by atoms with E-state index in [1.54, 1.807) is 25.1 Å². The van der Waals surface area contributed by atoms with Crippen molar-refractivity contribution in [3.05, 3.63) is 27.7 Å². The molecule has 1 aromatic carbocycles. The van der Waals surface area contributed by atoms with E-state index in [9.17, 15) is 4.79 Å². The highest BCUT2D eigenvalue weighted by atomic mass is 79.9. The summed E-state index contributed by atoms with van der Waals surface area (Å²) in [6, 6.07) is 5.19. The normalized spacial score (nSPS) is 18.0. The molecule has 0 saturated carbocycles. The highest BCUT2D eigenvalue weighted by molar-refractivity contribution is 9.10. The Bertz CT molecular complexity index is 505. The Morgan fingerprint density at radius 2 is 2.30 bits per heavy atom. The quantitative estimate of drug-likeness (QED) is 0.876. The monoisotopic (exact) mass is 361 g/mol. The average Bonchev–Trinajstić information content (AvgIpc) is 2.36. The molecular weight excluding hydrogens is 346 g/mol. The van der Waals surface area contributed by atoms with Crippen LogP contribution in [-0.4, -0.2) is 31.8 Å². The Labute approximate surface area is 131 Å². The van der Waals surface area contributed by atoms with Gasteiger partial charge >= 0.3 is 0 Å². The molecule has 1 unspecified atom stereocenters. The van der Waals surface area contributed by atoms with Crippen molar-refractivity contribution in [3.63, 3.8) is 0 Å². The maximum atomic E-state index is 12.0. The molecule has 1 aromatic rings. The van der Waals surface area contributed by atoms with Gasteiger partial charge in [-0.15, -0.1) is 0 Å². The molecule has 1 fully saturated rings. The summed E-state index contributed by atoms with van der Waals surface area (Å²) in [5.74, 6) is 0.454. The SMILES string of the molecule is CC(Oc1ccc(Cl)cc1Br)C(=O)NCC1(C)COC1. The maximum absolute atomic E-state index is 12.0. The molecule has 1 heterocycles. The highest BCUT2D eigenvalue weighted by Crippen LogP contribution is 2.29. The van der Waals surface area contributed by atoms with E-state index in [-0.39, 0.29) is 11.3 Å². The second-order valence-corrected chi connectivity index (χ2v) is 6.65. The van der Waals surface area contributed by atoms with E-state index in [1.807, 2.05) is 0 Å². The Hall–Kier alpha value is -0.780. The van der Waals surface area contributed by atoms with Crippen LogP contribution in [0.25, 0.3) is 0 Å². The summed E-state index contributed by atoms with van der Waals surface area (Å²) in [5.41, 5.74) is 0.0518. The van der Waals surface area contributed by atoms with Gasteiger partial charge in [0.1, 0.15) is 5.75 Å². The lowest BCUT2D eigenvalue weighted by atomic mass is 9.89. The third kappa shape index (κ3) is 3.87. The van der Waals surface area contributed by atoms with E-state index in [0.717, 1.165) is 4.47 Å². The molecule has 20 heavy (non-hydrogen) atoms. The minimum absolute atomic E-state index is 0.0518. The van der Waals surface area contributed by atoms with Gasteiger partial charge in [0, 0.05) is 17.0 Å². The highest BCUT2D eigenvalue weighted by Gasteiger charge is 2.34. The van der Waals surface area contributed by atoms with Crippen LogP contribution in [0.2, 0.25) is 5.02 Å². The Morgan fingerprint density at radius 3 is 2.85 bits per heavy atom. The lowest BCUT2D eigenvalue weighted by Gasteiger charge is -2.38. The number of nitrogens with one attached hydrogen (secondary N) is 1. The van der Waals surface area contributed by atoms with E-state index in [4.69, 9.17) is 21.1 Å². The fourth-order valence-corrected chi connectivity index (χ4v) is 2.59. The molecule has 0 aromatic heterocycles. The molecule has 0 radical (unpaired) electrons. The van der Waals surface area contributed by atoms with Gasteiger partial charge in [0.05, 0.1) is 17.7 Å². The van der Waals surface area contributed by atoms with Crippen molar-refractivity contribution >= 4 is 33.4 Å². The van der Waals surface area contributed by atoms with Crippen LogP contribution < -0.4 is 10.1 Å². The number of rotatable bonds is 5. The van der Waals surface area contributed by atoms with Crippen molar-refractivity contribution < 1.29 is 14.3 Å². The van der Waals surface area contributed by atoms with Crippen LogP contribution in [0.1, 0.15) is 13.8 Å². The fraction of sp³-hybridized carbons (Fsp3) is 0.500. The zero-order valence-corrected chi connectivity index (χ0v) is 13.8. The molecule has 0 spiro atoms.